The molecule has 1 N–H and O–H groups in total. The van der Waals surface area contributed by atoms with Gasteiger partial charge in [-0.1, -0.05) is 6.58 Å². The topological polar surface area (TPSA) is 46.5 Å². The summed E-state index contributed by atoms with van der Waals surface area (Å²) in [5, 5.41) is 10.3. The van der Waals surface area contributed by atoms with Crippen LogP contribution in [0.25, 0.3) is 0 Å². The van der Waals surface area contributed by atoms with Crippen LogP contribution in [0.15, 0.2) is 12.2 Å². The van der Waals surface area contributed by atoms with Gasteiger partial charge >= 0.3 is 12.1 Å². The molecule has 136 valence electrons. The van der Waals surface area contributed by atoms with Gasteiger partial charge in [-0.3, -0.25) is 0 Å². The molecule has 6 heteroatoms. The normalized spacial score (nSPS) is 40.2. The van der Waals surface area contributed by atoms with Crippen LogP contribution in [0.3, 0.4) is 0 Å². The van der Waals surface area contributed by atoms with Crippen molar-refractivity contribution in [3.8, 4) is 0 Å². The van der Waals surface area contributed by atoms with Gasteiger partial charge in [0.25, 0.3) is 0 Å². The summed E-state index contributed by atoms with van der Waals surface area (Å²) in [6.45, 7) is 6.34. The average Bonchev–Trinajstić information content (AvgIpc) is 2.43. The Morgan fingerprint density at radius 1 is 1.17 bits per heavy atom. The van der Waals surface area contributed by atoms with Crippen molar-refractivity contribution in [3.05, 3.63) is 12.2 Å². The summed E-state index contributed by atoms with van der Waals surface area (Å²) in [4.78, 5) is 11.8. The highest BCUT2D eigenvalue weighted by Crippen LogP contribution is 2.67. The Morgan fingerprint density at radius 2 is 1.67 bits per heavy atom. The van der Waals surface area contributed by atoms with Crippen LogP contribution in [0.4, 0.5) is 13.2 Å². The second-order valence-corrected chi connectivity index (χ2v) is 8.39. The largest absolute Gasteiger partial charge is 0.458 e. The van der Waals surface area contributed by atoms with Crippen molar-refractivity contribution in [1.29, 1.82) is 0 Å². The molecule has 0 aromatic heterocycles. The van der Waals surface area contributed by atoms with Gasteiger partial charge < -0.3 is 9.84 Å². The fourth-order valence-corrected chi connectivity index (χ4v) is 5.84. The molecule has 0 spiro atoms. The molecule has 0 aromatic rings. The number of ether oxygens (including phenoxy) is 1. The van der Waals surface area contributed by atoms with Gasteiger partial charge in [-0.15, -0.1) is 0 Å². The van der Waals surface area contributed by atoms with Crippen molar-refractivity contribution in [1.82, 2.24) is 0 Å². The van der Waals surface area contributed by atoms with Crippen molar-refractivity contribution >= 4 is 5.97 Å². The predicted molar refractivity (Wildman–Crippen MR) is 82.0 cm³/mol. The van der Waals surface area contributed by atoms with Gasteiger partial charge in [0.05, 0.1) is 6.10 Å². The number of carbonyl (C=O) groups excluding carboxylic acids is 1. The molecule has 4 atom stereocenters. The standard InChI is InChI=1S/C18H25F3O3/c1-10(18(19,20)21)15(23)24-12(3)17-7-13-4-14(8-17)6-16(5-13,9-17)11(2)22/h11-14,22H,1,4-9H2,2-3H3. The van der Waals surface area contributed by atoms with Crippen molar-refractivity contribution in [2.75, 3.05) is 0 Å². The van der Waals surface area contributed by atoms with E-state index in [9.17, 15) is 23.1 Å². The maximum Gasteiger partial charge on any atom is 0.422 e. The van der Waals surface area contributed by atoms with Crippen molar-refractivity contribution in [2.24, 2.45) is 22.7 Å². The summed E-state index contributed by atoms with van der Waals surface area (Å²) in [6, 6.07) is 0. The van der Waals surface area contributed by atoms with Gasteiger partial charge in [0, 0.05) is 5.41 Å². The molecule has 0 aliphatic heterocycles. The zero-order valence-corrected chi connectivity index (χ0v) is 14.2. The maximum atomic E-state index is 12.6. The SMILES string of the molecule is C=C(C(=O)OC(C)C12CC3CC(CC(C(C)O)(C3)C1)C2)C(F)(F)F. The molecule has 0 radical (unpaired) electrons. The quantitative estimate of drug-likeness (QED) is 0.618. The molecule has 0 aromatic carbocycles. The molecule has 4 rings (SSSR count). The third kappa shape index (κ3) is 2.76. The van der Waals surface area contributed by atoms with E-state index in [0.717, 1.165) is 38.5 Å². The number of hydrogen-bond donors (Lipinski definition) is 1. The lowest BCUT2D eigenvalue weighted by molar-refractivity contribution is -0.200. The van der Waals surface area contributed by atoms with E-state index >= 15 is 0 Å². The first-order valence-corrected chi connectivity index (χ1v) is 8.63. The summed E-state index contributed by atoms with van der Waals surface area (Å²) in [6.07, 6.45) is -0.306. The van der Waals surface area contributed by atoms with E-state index in [0.29, 0.717) is 11.8 Å². The number of carbonyl (C=O) groups is 1. The first kappa shape index (κ1) is 17.8. The number of rotatable bonds is 4. The number of halogens is 3. The molecule has 3 nitrogen and oxygen atoms in total. The monoisotopic (exact) mass is 346 g/mol. The van der Waals surface area contributed by atoms with Gasteiger partial charge in [-0.05, 0) is 69.6 Å². The van der Waals surface area contributed by atoms with Gasteiger partial charge in [0.1, 0.15) is 11.7 Å². The molecular formula is C18H25F3O3. The lowest BCUT2D eigenvalue weighted by Crippen LogP contribution is -2.59. The number of alkyl halides is 3. The number of aliphatic hydroxyl groups is 1. The molecule has 24 heavy (non-hydrogen) atoms. The highest BCUT2D eigenvalue weighted by atomic mass is 19.4. The van der Waals surface area contributed by atoms with Crippen molar-refractivity contribution in [2.45, 2.75) is 70.8 Å². The van der Waals surface area contributed by atoms with Crippen LogP contribution in [0.1, 0.15) is 52.4 Å². The minimum absolute atomic E-state index is 0.175. The Bertz CT molecular complexity index is 538. The van der Waals surface area contributed by atoms with Crippen LogP contribution in [-0.4, -0.2) is 29.5 Å². The number of esters is 1. The average molecular weight is 346 g/mol. The third-order valence-corrected chi connectivity index (χ3v) is 6.77. The Hall–Kier alpha value is -1.04. The maximum absolute atomic E-state index is 12.6. The summed E-state index contributed by atoms with van der Waals surface area (Å²) in [5.74, 6) is -0.447. The molecule has 4 aliphatic rings. The van der Waals surface area contributed by atoms with Crippen molar-refractivity contribution in [3.63, 3.8) is 0 Å². The van der Waals surface area contributed by atoms with E-state index in [4.69, 9.17) is 4.74 Å². The third-order valence-electron chi connectivity index (χ3n) is 6.77. The Kier molecular flexibility index (Phi) is 4.06. The van der Waals surface area contributed by atoms with E-state index in [1.165, 1.54) is 0 Å². The van der Waals surface area contributed by atoms with Gasteiger partial charge in [0.15, 0.2) is 0 Å². The fraction of sp³-hybridized carbons (Fsp3) is 0.833. The summed E-state index contributed by atoms with van der Waals surface area (Å²) in [5.41, 5.74) is -1.95. The van der Waals surface area contributed by atoms with Crippen molar-refractivity contribution < 1.29 is 27.8 Å². The zero-order chi connectivity index (χ0) is 17.9. The molecule has 4 fully saturated rings. The lowest BCUT2D eigenvalue weighted by Gasteiger charge is -2.64. The van der Waals surface area contributed by atoms with E-state index in [-0.39, 0.29) is 10.8 Å². The summed E-state index contributed by atoms with van der Waals surface area (Å²) < 4.78 is 43.1. The van der Waals surface area contributed by atoms with E-state index in [1.54, 1.807) is 6.92 Å². The molecule has 4 aliphatic carbocycles. The minimum atomic E-state index is -4.76. The molecule has 0 heterocycles. The first-order chi connectivity index (χ1) is 11.0. The molecule has 4 unspecified atom stereocenters. The van der Waals surface area contributed by atoms with Crippen LogP contribution in [0, 0.1) is 22.7 Å². The van der Waals surface area contributed by atoms with E-state index in [2.05, 4.69) is 6.58 Å². The Labute approximate surface area is 140 Å². The molecule has 4 saturated carbocycles. The van der Waals surface area contributed by atoms with Crippen LogP contribution >= 0.6 is 0 Å². The van der Waals surface area contributed by atoms with Crippen LogP contribution in [-0.2, 0) is 9.53 Å². The summed E-state index contributed by atoms with van der Waals surface area (Å²) >= 11 is 0. The second kappa shape index (κ2) is 5.48. The highest BCUT2D eigenvalue weighted by molar-refractivity contribution is 5.89. The predicted octanol–water partition coefficient (Wildman–Crippen LogP) is 4.00. The van der Waals surface area contributed by atoms with E-state index < -0.39 is 29.9 Å². The second-order valence-electron chi connectivity index (χ2n) is 8.39. The Balaban J connectivity index is 1.78. The smallest absolute Gasteiger partial charge is 0.422 e. The van der Waals surface area contributed by atoms with E-state index in [1.807, 2.05) is 6.92 Å². The van der Waals surface area contributed by atoms with Crippen LogP contribution < -0.4 is 0 Å². The number of hydrogen-bond acceptors (Lipinski definition) is 3. The Morgan fingerprint density at radius 3 is 2.12 bits per heavy atom. The fourth-order valence-electron chi connectivity index (χ4n) is 5.84. The van der Waals surface area contributed by atoms with Crippen LogP contribution in [0.2, 0.25) is 0 Å². The van der Waals surface area contributed by atoms with Gasteiger partial charge in [-0.25, -0.2) is 4.79 Å². The minimum Gasteiger partial charge on any atom is -0.458 e. The first-order valence-electron chi connectivity index (χ1n) is 8.63. The lowest BCUT2D eigenvalue weighted by atomic mass is 9.42. The van der Waals surface area contributed by atoms with Crippen LogP contribution in [0.5, 0.6) is 0 Å². The highest BCUT2D eigenvalue weighted by Gasteiger charge is 2.61. The van der Waals surface area contributed by atoms with Gasteiger partial charge in [-0.2, -0.15) is 13.2 Å². The number of aliphatic hydroxyl groups excluding tert-OH is 1. The summed E-state index contributed by atoms with van der Waals surface area (Å²) in [7, 11) is 0. The molecule has 0 saturated heterocycles. The van der Waals surface area contributed by atoms with Gasteiger partial charge in [0.2, 0.25) is 0 Å². The molecule has 4 bridgehead atoms. The molecule has 0 amide bonds. The zero-order valence-electron chi connectivity index (χ0n) is 14.2. The molecular weight excluding hydrogens is 321 g/mol.